The van der Waals surface area contributed by atoms with E-state index < -0.39 is 23.1 Å². The molecule has 214 valence electrons. The molecule has 2 N–H and O–H groups in total. The third kappa shape index (κ3) is 9.11. The summed E-state index contributed by atoms with van der Waals surface area (Å²) in [7, 11) is 0. The number of rotatable bonds is 4. The molecule has 0 radical (unpaired) electrons. The molecule has 0 bridgehead atoms. The summed E-state index contributed by atoms with van der Waals surface area (Å²) >= 11 is 0. The zero-order valence-electron chi connectivity index (χ0n) is 24.7. The number of alkyl halides is 1. The van der Waals surface area contributed by atoms with Gasteiger partial charge in [-0.1, -0.05) is 53.7 Å². The maximum atomic E-state index is 13.7. The van der Waals surface area contributed by atoms with Crippen LogP contribution in [0, 0.1) is 0 Å². The number of nitrogens with zero attached hydrogens (tertiary/aromatic N) is 3. The lowest BCUT2D eigenvalue weighted by Gasteiger charge is -2.34. The summed E-state index contributed by atoms with van der Waals surface area (Å²) in [6, 6.07) is 7.15. The number of hydrogen-bond donors (Lipinski definition) is 2. The van der Waals surface area contributed by atoms with Gasteiger partial charge in [0.05, 0.1) is 0 Å². The highest BCUT2D eigenvalue weighted by atomic mass is 19.1. The minimum absolute atomic E-state index is 0.0236. The van der Waals surface area contributed by atoms with Crippen LogP contribution in [0.15, 0.2) is 36.7 Å². The highest BCUT2D eigenvalue weighted by Gasteiger charge is 2.32. The summed E-state index contributed by atoms with van der Waals surface area (Å²) in [4.78, 5) is 45.2. The van der Waals surface area contributed by atoms with Gasteiger partial charge in [-0.2, -0.15) is 0 Å². The Morgan fingerprint density at radius 3 is 1.64 bits per heavy atom. The Morgan fingerprint density at radius 2 is 1.28 bits per heavy atom. The number of pyridine rings is 2. The van der Waals surface area contributed by atoms with Crippen molar-refractivity contribution in [2.45, 2.75) is 97.2 Å². The van der Waals surface area contributed by atoms with Crippen molar-refractivity contribution in [2.75, 3.05) is 13.1 Å². The van der Waals surface area contributed by atoms with Gasteiger partial charge in [-0.15, -0.1) is 0 Å². The number of carboxylic acids is 1. The summed E-state index contributed by atoms with van der Waals surface area (Å²) in [5.74, 6) is -1.68. The number of hydrogen-bond acceptors (Lipinski definition) is 5. The Labute approximate surface area is 231 Å². The van der Waals surface area contributed by atoms with Gasteiger partial charge < -0.3 is 15.3 Å². The van der Waals surface area contributed by atoms with Gasteiger partial charge >= 0.3 is 5.97 Å². The molecule has 2 amide bonds. The van der Waals surface area contributed by atoms with Crippen LogP contribution in [0.4, 0.5) is 4.39 Å². The van der Waals surface area contributed by atoms with E-state index in [1.54, 1.807) is 36.4 Å². The molecule has 2 aromatic rings. The largest absolute Gasteiger partial charge is 0.480 e. The van der Waals surface area contributed by atoms with E-state index in [0.717, 1.165) is 11.1 Å². The van der Waals surface area contributed by atoms with Crippen LogP contribution in [-0.2, 0) is 15.6 Å². The first kappa shape index (κ1) is 31.9. The molecule has 9 heteroatoms. The van der Waals surface area contributed by atoms with Gasteiger partial charge in [0, 0.05) is 25.5 Å². The van der Waals surface area contributed by atoms with Crippen LogP contribution in [0.2, 0.25) is 0 Å². The van der Waals surface area contributed by atoms with Gasteiger partial charge in [0.25, 0.3) is 11.8 Å². The second-order valence-electron chi connectivity index (χ2n) is 13.0. The number of carboxylic acid groups (broad SMARTS) is 1. The minimum Gasteiger partial charge on any atom is -0.480 e. The maximum absolute atomic E-state index is 13.7. The molecule has 0 saturated carbocycles. The SMILES string of the molecule is CC(C)(NC(=O)c1ccc(C(C)(C)C)cn1)C(=O)O.CC1(F)CCN(C(=O)c2ccc(C(C)(C)C)cn2)CC1. The molecule has 8 nitrogen and oxygen atoms in total. The van der Waals surface area contributed by atoms with Crippen LogP contribution < -0.4 is 5.32 Å². The molecule has 3 heterocycles. The zero-order chi connectivity index (χ0) is 29.8. The topological polar surface area (TPSA) is 112 Å². The monoisotopic (exact) mass is 542 g/mol. The van der Waals surface area contributed by atoms with Gasteiger partial charge in [-0.3, -0.25) is 19.6 Å². The van der Waals surface area contributed by atoms with Crippen LogP contribution in [0.1, 0.15) is 107 Å². The van der Waals surface area contributed by atoms with Crippen molar-refractivity contribution >= 4 is 17.8 Å². The molecular formula is C30H43FN4O4. The zero-order valence-corrected chi connectivity index (χ0v) is 24.7. The molecule has 0 spiro atoms. The summed E-state index contributed by atoms with van der Waals surface area (Å²) in [6.45, 7) is 17.9. The van der Waals surface area contributed by atoms with E-state index in [4.69, 9.17) is 5.11 Å². The molecule has 0 aromatic carbocycles. The van der Waals surface area contributed by atoms with Gasteiger partial charge in [0.1, 0.15) is 22.6 Å². The van der Waals surface area contributed by atoms with Crippen LogP contribution >= 0.6 is 0 Å². The highest BCUT2D eigenvalue weighted by molar-refractivity contribution is 5.96. The molecule has 1 saturated heterocycles. The van der Waals surface area contributed by atoms with Crippen molar-refractivity contribution in [3.05, 3.63) is 59.2 Å². The molecule has 3 rings (SSSR count). The van der Waals surface area contributed by atoms with Crippen molar-refractivity contribution in [1.29, 1.82) is 0 Å². The average molecular weight is 543 g/mol. The van der Waals surface area contributed by atoms with Gasteiger partial charge in [0.15, 0.2) is 0 Å². The number of nitrogens with one attached hydrogen (secondary N) is 1. The Balaban J connectivity index is 0.000000274. The van der Waals surface area contributed by atoms with Gasteiger partial charge in [-0.05, 0) is 67.7 Å². The molecular weight excluding hydrogens is 499 g/mol. The average Bonchev–Trinajstić information content (AvgIpc) is 2.83. The molecule has 1 aliphatic rings. The number of halogens is 1. The molecule has 0 atom stereocenters. The number of likely N-dealkylation sites (tertiary alicyclic amines) is 1. The van der Waals surface area contributed by atoms with Crippen molar-refractivity contribution < 1.29 is 23.9 Å². The Morgan fingerprint density at radius 1 is 0.846 bits per heavy atom. The predicted molar refractivity (Wildman–Crippen MR) is 150 cm³/mol. The quantitative estimate of drug-likeness (QED) is 0.541. The molecule has 0 unspecified atom stereocenters. The Hall–Kier alpha value is -3.36. The van der Waals surface area contributed by atoms with Crippen LogP contribution in [0.25, 0.3) is 0 Å². The van der Waals surface area contributed by atoms with Crippen LogP contribution in [-0.4, -0.2) is 62.1 Å². The fourth-order valence-corrected chi connectivity index (χ4v) is 3.68. The smallest absolute Gasteiger partial charge is 0.328 e. The maximum Gasteiger partial charge on any atom is 0.328 e. The van der Waals surface area contributed by atoms with E-state index in [1.165, 1.54) is 13.8 Å². The van der Waals surface area contributed by atoms with Gasteiger partial charge in [-0.25, -0.2) is 9.18 Å². The lowest BCUT2D eigenvalue weighted by Crippen LogP contribution is -2.49. The second-order valence-corrected chi connectivity index (χ2v) is 13.0. The molecule has 1 aliphatic heterocycles. The summed E-state index contributed by atoms with van der Waals surface area (Å²) < 4.78 is 13.7. The van der Waals surface area contributed by atoms with Crippen molar-refractivity contribution in [1.82, 2.24) is 20.2 Å². The van der Waals surface area contributed by atoms with E-state index in [9.17, 15) is 18.8 Å². The number of aromatic nitrogens is 2. The fourth-order valence-electron chi connectivity index (χ4n) is 3.68. The van der Waals surface area contributed by atoms with Crippen molar-refractivity contribution in [3.63, 3.8) is 0 Å². The highest BCUT2D eigenvalue weighted by Crippen LogP contribution is 2.27. The Kier molecular flexibility index (Phi) is 9.64. The lowest BCUT2D eigenvalue weighted by atomic mass is 9.88. The normalized spacial score (nSPS) is 15.6. The Bertz CT molecular complexity index is 1150. The molecule has 0 aliphatic carbocycles. The number of piperidine rings is 1. The minimum atomic E-state index is -1.32. The summed E-state index contributed by atoms with van der Waals surface area (Å²) in [5.41, 5.74) is 0.299. The number of carbonyl (C=O) groups is 3. The molecule has 39 heavy (non-hydrogen) atoms. The second kappa shape index (κ2) is 11.8. The van der Waals surface area contributed by atoms with E-state index in [1.807, 2.05) is 12.1 Å². The number of aliphatic carboxylic acids is 1. The summed E-state index contributed by atoms with van der Waals surface area (Å²) in [5, 5.41) is 11.4. The number of amides is 2. The third-order valence-electron chi connectivity index (χ3n) is 6.76. The van der Waals surface area contributed by atoms with E-state index in [2.05, 4.69) is 56.8 Å². The van der Waals surface area contributed by atoms with Crippen molar-refractivity contribution in [3.8, 4) is 0 Å². The van der Waals surface area contributed by atoms with Crippen molar-refractivity contribution in [2.24, 2.45) is 0 Å². The van der Waals surface area contributed by atoms with Gasteiger partial charge in [0.2, 0.25) is 0 Å². The van der Waals surface area contributed by atoms with E-state index >= 15 is 0 Å². The first-order chi connectivity index (χ1) is 17.7. The summed E-state index contributed by atoms with van der Waals surface area (Å²) in [6.07, 6.45) is 4.21. The predicted octanol–water partition coefficient (Wildman–Crippen LogP) is 5.32. The first-order valence-electron chi connectivity index (χ1n) is 13.2. The molecule has 1 fully saturated rings. The van der Waals surface area contributed by atoms with Crippen LogP contribution in [0.3, 0.4) is 0 Å². The fraction of sp³-hybridized carbons (Fsp3) is 0.567. The standard InChI is InChI=1S/C16H23FN2O.C14H20N2O3/c1-15(2,3)12-5-6-13(18-11-12)14(20)19-9-7-16(4,17)8-10-19;1-13(2,3)9-6-7-10(15-8-9)11(17)16-14(4,5)12(18)19/h5-6,11H,7-10H2,1-4H3;6-8H,1-5H3,(H,16,17)(H,18,19). The van der Waals surface area contributed by atoms with E-state index in [-0.39, 0.29) is 22.4 Å². The molecule has 2 aromatic heterocycles. The first-order valence-corrected chi connectivity index (χ1v) is 13.2. The lowest BCUT2D eigenvalue weighted by molar-refractivity contribution is -0.143. The van der Waals surface area contributed by atoms with E-state index in [0.29, 0.717) is 31.6 Å². The van der Waals surface area contributed by atoms with Crippen LogP contribution in [0.5, 0.6) is 0 Å². The third-order valence-corrected chi connectivity index (χ3v) is 6.76. The number of carbonyl (C=O) groups excluding carboxylic acids is 2.